The first kappa shape index (κ1) is 36.6. The van der Waals surface area contributed by atoms with Crippen molar-refractivity contribution in [3.63, 3.8) is 0 Å². The van der Waals surface area contributed by atoms with Crippen molar-refractivity contribution >= 4 is 17.7 Å². The SMILES string of the molecule is CC.CC(C)C.N/C=C\NN.O=C(N[C@@H]1C/C=C\CCSC2OC1C(O)C(O)C2O)C1NCC2CCCCOC21. The van der Waals surface area contributed by atoms with Crippen LogP contribution in [0.25, 0.3) is 0 Å². The van der Waals surface area contributed by atoms with Crippen LogP contribution in [0.2, 0.25) is 0 Å². The third-order valence-corrected chi connectivity index (χ3v) is 7.79. The number of hydrogen-bond acceptors (Lipinski definition) is 11. The van der Waals surface area contributed by atoms with Gasteiger partial charge in [-0.25, -0.2) is 0 Å². The van der Waals surface area contributed by atoms with Gasteiger partial charge in [0.15, 0.2) is 0 Å². The molecule has 234 valence electrons. The third kappa shape index (κ3) is 11.8. The largest absolute Gasteiger partial charge is 0.403 e. The lowest BCUT2D eigenvalue weighted by molar-refractivity contribution is -0.205. The molecule has 0 aromatic heterocycles. The average Bonchev–Trinajstić information content (AvgIpc) is 3.20. The van der Waals surface area contributed by atoms with E-state index >= 15 is 0 Å². The predicted molar refractivity (Wildman–Crippen MR) is 161 cm³/mol. The lowest BCUT2D eigenvalue weighted by atomic mass is 9.92. The maximum absolute atomic E-state index is 13.1. The van der Waals surface area contributed by atoms with E-state index in [9.17, 15) is 20.1 Å². The van der Waals surface area contributed by atoms with Crippen LogP contribution in [0.3, 0.4) is 0 Å². The second-order valence-electron chi connectivity index (χ2n) is 10.7. The minimum Gasteiger partial charge on any atom is -0.403 e. The van der Waals surface area contributed by atoms with Gasteiger partial charge in [0.25, 0.3) is 0 Å². The van der Waals surface area contributed by atoms with Crippen LogP contribution in [0.1, 0.15) is 66.7 Å². The van der Waals surface area contributed by atoms with Crippen molar-refractivity contribution in [1.29, 1.82) is 0 Å². The van der Waals surface area contributed by atoms with Gasteiger partial charge < -0.3 is 46.6 Å². The summed E-state index contributed by atoms with van der Waals surface area (Å²) in [5.41, 5.74) is 6.39. The molecule has 4 rings (SSSR count). The standard InChI is InChI=1S/C20H32N2O6S.C4H10.C2H7N3.C2H6/c23-14-15(24)18-12(7-2-1-5-9-29-20(28-18)16(14)25)22-19(26)13-17-11(10-21-13)6-3-4-8-27-17;1-4(2)3;3-1-2-5-4;1-2/h1-2,11-18,20-21,23-25H,3-10H2,(H,22,26);4H,1-3H3;1-2,5H,3-4H2;1-2H3/b2-1-;;2-1-;/t11?,12-,13?,14?,15?,16?,17?,18?,20?;;;/m1.../s1. The molecule has 10 N–H and O–H groups in total. The van der Waals surface area contributed by atoms with E-state index in [1.807, 2.05) is 26.0 Å². The average molecular weight is 590 g/mol. The van der Waals surface area contributed by atoms with Gasteiger partial charge in [-0.3, -0.25) is 10.6 Å². The van der Waals surface area contributed by atoms with E-state index in [1.165, 1.54) is 24.2 Å². The number of carbonyl (C=O) groups is 1. The molecule has 0 saturated carbocycles. The summed E-state index contributed by atoms with van der Waals surface area (Å²) in [5.74, 6) is 6.47. The van der Waals surface area contributed by atoms with Gasteiger partial charge in [-0.15, -0.1) is 11.8 Å². The number of aliphatic hydroxyl groups is 3. The number of thioether (sulfide) groups is 1. The molecule has 2 bridgehead atoms. The van der Waals surface area contributed by atoms with Crippen molar-refractivity contribution in [3.05, 3.63) is 24.6 Å². The van der Waals surface area contributed by atoms with Crippen LogP contribution >= 0.6 is 11.8 Å². The number of aliphatic hydroxyl groups excluding tert-OH is 3. The summed E-state index contributed by atoms with van der Waals surface area (Å²) in [6, 6.07) is -0.942. The van der Waals surface area contributed by atoms with Crippen LogP contribution in [0.4, 0.5) is 0 Å². The fourth-order valence-corrected chi connectivity index (χ4v) is 5.88. The molecular formula is C28H55N5O6S. The predicted octanol–water partition coefficient (Wildman–Crippen LogP) is 1.09. The number of amides is 1. The number of nitrogens with two attached hydrogens (primary N) is 2. The first-order chi connectivity index (χ1) is 19.2. The topological polar surface area (TPSA) is 184 Å². The number of fused-ring (bicyclic) bond motifs is 3. The molecule has 4 aliphatic heterocycles. The first-order valence-corrected chi connectivity index (χ1v) is 15.7. The Morgan fingerprint density at radius 2 is 1.80 bits per heavy atom. The number of hydrogen-bond donors (Lipinski definition) is 8. The van der Waals surface area contributed by atoms with Crippen molar-refractivity contribution in [1.82, 2.24) is 16.1 Å². The summed E-state index contributed by atoms with van der Waals surface area (Å²) in [5, 5.41) is 37.5. The summed E-state index contributed by atoms with van der Waals surface area (Å²) in [4.78, 5) is 13.1. The van der Waals surface area contributed by atoms with Crippen molar-refractivity contribution in [2.45, 2.75) is 115 Å². The fourth-order valence-electron chi connectivity index (χ4n) is 4.81. The number of carbonyl (C=O) groups excluding carboxylic acids is 1. The minimum absolute atomic E-state index is 0.138. The molecule has 9 atom stereocenters. The molecular weight excluding hydrogens is 534 g/mol. The highest BCUT2D eigenvalue weighted by Gasteiger charge is 2.48. The maximum atomic E-state index is 13.1. The molecule has 4 aliphatic rings. The van der Waals surface area contributed by atoms with Crippen molar-refractivity contribution < 1.29 is 29.6 Å². The van der Waals surface area contributed by atoms with E-state index in [0.29, 0.717) is 18.9 Å². The smallest absolute Gasteiger partial charge is 0.240 e. The molecule has 0 aromatic carbocycles. The summed E-state index contributed by atoms with van der Waals surface area (Å²) >= 11 is 1.41. The highest BCUT2D eigenvalue weighted by atomic mass is 32.2. The second-order valence-corrected chi connectivity index (χ2v) is 11.9. The molecule has 1 amide bonds. The normalized spacial score (nSPS) is 36.2. The summed E-state index contributed by atoms with van der Waals surface area (Å²) in [6.07, 6.45) is 6.56. The van der Waals surface area contributed by atoms with Crippen LogP contribution in [-0.2, 0) is 14.3 Å². The minimum atomic E-state index is -1.31. The molecule has 8 unspecified atom stereocenters. The quantitative estimate of drug-likeness (QED) is 0.134. The molecule has 0 spiro atoms. The Hall–Kier alpha value is -1.38. The van der Waals surface area contributed by atoms with Gasteiger partial charge in [-0.05, 0) is 43.3 Å². The van der Waals surface area contributed by atoms with E-state index in [1.54, 1.807) is 0 Å². The molecule has 40 heavy (non-hydrogen) atoms. The lowest BCUT2D eigenvalue weighted by Crippen LogP contribution is -2.63. The van der Waals surface area contributed by atoms with Crippen molar-refractivity contribution in [3.8, 4) is 0 Å². The molecule has 3 fully saturated rings. The maximum Gasteiger partial charge on any atom is 0.240 e. The van der Waals surface area contributed by atoms with E-state index in [-0.39, 0.29) is 12.0 Å². The number of allylic oxidation sites excluding steroid dienone is 1. The highest BCUT2D eigenvalue weighted by Crippen LogP contribution is 2.32. The van der Waals surface area contributed by atoms with Crippen LogP contribution in [0.5, 0.6) is 0 Å². The Morgan fingerprint density at radius 3 is 2.42 bits per heavy atom. The Bertz CT molecular complexity index is 743. The van der Waals surface area contributed by atoms with Gasteiger partial charge in [-0.1, -0.05) is 53.2 Å². The van der Waals surface area contributed by atoms with Crippen molar-refractivity contribution in [2.24, 2.45) is 23.4 Å². The number of ether oxygens (including phenoxy) is 2. The van der Waals surface area contributed by atoms with Crippen LogP contribution in [0, 0.1) is 11.8 Å². The van der Waals surface area contributed by atoms with Crippen molar-refractivity contribution in [2.75, 3.05) is 18.9 Å². The fraction of sp³-hybridized carbons (Fsp3) is 0.821. The van der Waals surface area contributed by atoms with Gasteiger partial charge in [0.2, 0.25) is 5.91 Å². The van der Waals surface area contributed by atoms with Crippen LogP contribution in [-0.4, -0.2) is 88.2 Å². The summed E-state index contributed by atoms with van der Waals surface area (Å²) in [6.45, 7) is 11.9. The van der Waals surface area contributed by atoms with E-state index in [0.717, 1.165) is 43.9 Å². The molecule has 4 heterocycles. The van der Waals surface area contributed by atoms with Gasteiger partial charge in [0, 0.05) is 25.6 Å². The molecule has 12 heteroatoms. The lowest BCUT2D eigenvalue weighted by Gasteiger charge is -2.43. The van der Waals surface area contributed by atoms with Crippen LogP contribution in [0.15, 0.2) is 24.6 Å². The molecule has 0 aromatic rings. The van der Waals surface area contributed by atoms with Gasteiger partial charge in [0.05, 0.1) is 12.1 Å². The van der Waals surface area contributed by atoms with Crippen LogP contribution < -0.4 is 27.6 Å². The number of nitrogens with one attached hydrogen (secondary N) is 3. The molecule has 11 nitrogen and oxygen atoms in total. The monoisotopic (exact) mass is 589 g/mol. The summed E-state index contributed by atoms with van der Waals surface area (Å²) < 4.78 is 11.9. The zero-order chi connectivity index (χ0) is 30.1. The molecule has 0 aliphatic carbocycles. The van der Waals surface area contributed by atoms with Gasteiger partial charge >= 0.3 is 0 Å². The number of rotatable bonds is 3. The Kier molecular flexibility index (Phi) is 18.8. The summed E-state index contributed by atoms with van der Waals surface area (Å²) in [7, 11) is 0. The van der Waals surface area contributed by atoms with E-state index in [4.69, 9.17) is 21.1 Å². The van der Waals surface area contributed by atoms with Gasteiger partial charge in [-0.2, -0.15) is 0 Å². The zero-order valence-electron chi connectivity index (χ0n) is 24.9. The van der Waals surface area contributed by atoms with E-state index in [2.05, 4.69) is 36.8 Å². The second kappa shape index (κ2) is 20.5. The molecule has 3 saturated heterocycles. The highest BCUT2D eigenvalue weighted by molar-refractivity contribution is 7.99. The van der Waals surface area contributed by atoms with Gasteiger partial charge in [0.1, 0.15) is 35.9 Å². The first-order valence-electron chi connectivity index (χ1n) is 14.7. The number of hydrazine groups is 1. The Morgan fingerprint density at radius 1 is 1.10 bits per heavy atom. The zero-order valence-corrected chi connectivity index (χ0v) is 25.7. The third-order valence-electron chi connectivity index (χ3n) is 6.60. The molecule has 0 radical (unpaired) electrons. The Labute approximate surface area is 244 Å². The Balaban J connectivity index is 0.000000627. The van der Waals surface area contributed by atoms with E-state index < -0.39 is 41.9 Å².